The lowest BCUT2D eigenvalue weighted by Gasteiger charge is -2.33. The Morgan fingerprint density at radius 1 is 1.52 bits per heavy atom. The summed E-state index contributed by atoms with van der Waals surface area (Å²) in [7, 11) is 0. The van der Waals surface area contributed by atoms with Crippen molar-refractivity contribution in [1.82, 2.24) is 25.3 Å². The smallest absolute Gasteiger partial charge is 0.404 e. The Balaban J connectivity index is 1.81. The molecule has 2 aromatic rings. The van der Waals surface area contributed by atoms with Gasteiger partial charge in [-0.05, 0) is 0 Å². The summed E-state index contributed by atoms with van der Waals surface area (Å²) in [5.41, 5.74) is 0.634. The molecule has 2 aromatic heterocycles. The van der Waals surface area contributed by atoms with Gasteiger partial charge in [0.1, 0.15) is 11.8 Å². The van der Waals surface area contributed by atoms with Gasteiger partial charge in [0.15, 0.2) is 11.5 Å². The number of hydrogen-bond acceptors (Lipinski definition) is 6. The number of amides is 1. The van der Waals surface area contributed by atoms with Crippen molar-refractivity contribution in [3.8, 4) is 0 Å². The maximum Gasteiger partial charge on any atom is 0.404 e. The molecule has 10 nitrogen and oxygen atoms in total. The molecule has 1 aliphatic heterocycles. The summed E-state index contributed by atoms with van der Waals surface area (Å²) in [6, 6.07) is 0. The average molecular weight is 294 g/mol. The van der Waals surface area contributed by atoms with E-state index in [4.69, 9.17) is 9.84 Å². The van der Waals surface area contributed by atoms with E-state index in [2.05, 4.69) is 25.3 Å². The lowest BCUT2D eigenvalue weighted by atomic mass is 10.2. The highest BCUT2D eigenvalue weighted by molar-refractivity contribution is 5.82. The van der Waals surface area contributed by atoms with Gasteiger partial charge >= 0.3 is 11.8 Å². The molecule has 3 heterocycles. The van der Waals surface area contributed by atoms with E-state index in [1.54, 1.807) is 0 Å². The van der Waals surface area contributed by atoms with Crippen LogP contribution in [0.25, 0.3) is 11.2 Å². The summed E-state index contributed by atoms with van der Waals surface area (Å²) < 4.78 is 5.51. The van der Waals surface area contributed by atoms with Gasteiger partial charge in [0, 0.05) is 19.6 Å². The van der Waals surface area contributed by atoms with E-state index in [1.165, 1.54) is 6.33 Å². The van der Waals surface area contributed by atoms with Gasteiger partial charge in [-0.2, -0.15) is 0 Å². The number of nitrogens with one attached hydrogen (secondary N) is 3. The van der Waals surface area contributed by atoms with Crippen LogP contribution in [-0.4, -0.2) is 63.5 Å². The lowest BCUT2D eigenvalue weighted by Crippen LogP contribution is -2.47. The number of anilines is 1. The third-order valence-electron chi connectivity index (χ3n) is 3.22. The van der Waals surface area contributed by atoms with Crippen LogP contribution in [0.1, 0.15) is 0 Å². The molecule has 1 atom stereocenters. The van der Waals surface area contributed by atoms with E-state index in [0.29, 0.717) is 36.7 Å². The van der Waals surface area contributed by atoms with Crippen molar-refractivity contribution in [1.29, 1.82) is 0 Å². The second-order valence-electron chi connectivity index (χ2n) is 4.62. The third kappa shape index (κ3) is 2.79. The molecule has 1 aliphatic rings. The zero-order chi connectivity index (χ0) is 14.8. The minimum absolute atomic E-state index is 0.198. The molecule has 0 bridgehead atoms. The van der Waals surface area contributed by atoms with Crippen LogP contribution in [0.5, 0.6) is 0 Å². The molecule has 1 fully saturated rings. The number of morpholine rings is 1. The van der Waals surface area contributed by atoms with Crippen LogP contribution in [0, 0.1) is 0 Å². The molecule has 10 heteroatoms. The molecule has 0 radical (unpaired) electrons. The molecular formula is C11H14N6O4. The van der Waals surface area contributed by atoms with Crippen LogP contribution in [0.15, 0.2) is 11.1 Å². The zero-order valence-electron chi connectivity index (χ0n) is 11.0. The van der Waals surface area contributed by atoms with Crippen LogP contribution in [0.3, 0.4) is 0 Å². The summed E-state index contributed by atoms with van der Waals surface area (Å²) in [4.78, 5) is 37.3. The Hall–Kier alpha value is -2.62. The maximum atomic E-state index is 11.4. The molecule has 0 saturated carbocycles. The van der Waals surface area contributed by atoms with E-state index < -0.39 is 6.09 Å². The van der Waals surface area contributed by atoms with Gasteiger partial charge in [-0.25, -0.2) is 19.6 Å². The molecule has 4 N–H and O–H groups in total. The van der Waals surface area contributed by atoms with Crippen LogP contribution in [0.2, 0.25) is 0 Å². The summed E-state index contributed by atoms with van der Waals surface area (Å²) in [5.74, 6) is 0.599. The number of hydrogen-bond donors (Lipinski definition) is 4. The van der Waals surface area contributed by atoms with E-state index in [0.717, 1.165) is 0 Å². The van der Waals surface area contributed by atoms with Crippen molar-refractivity contribution in [2.75, 3.05) is 31.1 Å². The third-order valence-corrected chi connectivity index (χ3v) is 3.22. The number of rotatable bonds is 3. The van der Waals surface area contributed by atoms with Crippen LogP contribution in [-0.2, 0) is 4.74 Å². The first-order valence-corrected chi connectivity index (χ1v) is 6.40. The van der Waals surface area contributed by atoms with Gasteiger partial charge in [-0.15, -0.1) is 0 Å². The fraction of sp³-hybridized carbons (Fsp3) is 0.455. The van der Waals surface area contributed by atoms with Crippen molar-refractivity contribution in [3.63, 3.8) is 0 Å². The van der Waals surface area contributed by atoms with E-state index in [-0.39, 0.29) is 18.3 Å². The average Bonchev–Trinajstić information content (AvgIpc) is 2.85. The maximum absolute atomic E-state index is 11.4. The Morgan fingerprint density at radius 2 is 2.38 bits per heavy atom. The summed E-state index contributed by atoms with van der Waals surface area (Å²) in [6.45, 7) is 1.72. The molecule has 3 rings (SSSR count). The molecule has 0 spiro atoms. The molecule has 0 aliphatic carbocycles. The van der Waals surface area contributed by atoms with Crippen molar-refractivity contribution in [2.45, 2.75) is 6.10 Å². The number of H-pyrrole nitrogens is 2. The van der Waals surface area contributed by atoms with Crippen molar-refractivity contribution < 1.29 is 14.6 Å². The topological polar surface area (TPSA) is 136 Å². The fourth-order valence-corrected chi connectivity index (χ4v) is 2.31. The van der Waals surface area contributed by atoms with Crippen LogP contribution in [0.4, 0.5) is 10.6 Å². The Kier molecular flexibility index (Phi) is 3.44. The molecule has 1 amide bonds. The lowest BCUT2D eigenvalue weighted by molar-refractivity contribution is 0.0409. The number of ether oxygens (including phenoxy) is 1. The normalized spacial score (nSPS) is 18.9. The molecule has 21 heavy (non-hydrogen) atoms. The number of aromatic amines is 2. The number of nitrogens with zero attached hydrogens (tertiary/aromatic N) is 3. The first-order chi connectivity index (χ1) is 10.1. The van der Waals surface area contributed by atoms with Gasteiger partial charge in [0.05, 0.1) is 12.7 Å². The fourth-order valence-electron chi connectivity index (χ4n) is 2.31. The monoisotopic (exact) mass is 294 g/mol. The van der Waals surface area contributed by atoms with Crippen LogP contribution < -0.4 is 15.9 Å². The minimum atomic E-state index is -1.09. The van der Waals surface area contributed by atoms with Crippen molar-refractivity contribution in [2.24, 2.45) is 0 Å². The van der Waals surface area contributed by atoms with E-state index in [9.17, 15) is 9.59 Å². The largest absolute Gasteiger partial charge is 0.465 e. The Morgan fingerprint density at radius 3 is 3.19 bits per heavy atom. The Labute approximate surface area is 118 Å². The van der Waals surface area contributed by atoms with Crippen LogP contribution >= 0.6 is 0 Å². The SMILES string of the molecule is O=C(O)NCC1CN(c2ncnc3[nH]c(=O)[nH]c23)CCO1. The number of carboxylic acid groups (broad SMARTS) is 1. The molecule has 1 unspecified atom stereocenters. The number of imidazole rings is 1. The number of fused-ring (bicyclic) bond motifs is 1. The van der Waals surface area contributed by atoms with Gasteiger partial charge in [-0.1, -0.05) is 0 Å². The standard InChI is InChI=1S/C11H14N6O4/c18-10-15-7-8(16-10)13-5-14-9(7)17-1-2-21-6(4-17)3-12-11(19)20/h5-6,12H,1-4H2,(H,19,20)(H2,13,14,15,16,18). The van der Waals surface area contributed by atoms with Gasteiger partial charge in [0.2, 0.25) is 0 Å². The molecule has 0 aromatic carbocycles. The number of carbonyl (C=O) groups is 1. The zero-order valence-corrected chi connectivity index (χ0v) is 11.0. The first kappa shape index (κ1) is 13.4. The summed E-state index contributed by atoms with van der Waals surface area (Å²) in [5, 5.41) is 10.9. The highest BCUT2D eigenvalue weighted by Gasteiger charge is 2.24. The molecular weight excluding hydrogens is 280 g/mol. The van der Waals surface area contributed by atoms with E-state index >= 15 is 0 Å². The quantitative estimate of drug-likeness (QED) is 0.577. The second kappa shape index (κ2) is 5.40. The van der Waals surface area contributed by atoms with Gasteiger partial charge in [0.25, 0.3) is 0 Å². The van der Waals surface area contributed by atoms with Gasteiger partial charge < -0.3 is 25.0 Å². The summed E-state index contributed by atoms with van der Waals surface area (Å²) >= 11 is 0. The van der Waals surface area contributed by atoms with Crippen molar-refractivity contribution in [3.05, 3.63) is 16.8 Å². The van der Waals surface area contributed by atoms with Gasteiger partial charge in [-0.3, -0.25) is 4.98 Å². The highest BCUT2D eigenvalue weighted by atomic mass is 16.5. The first-order valence-electron chi connectivity index (χ1n) is 6.40. The highest BCUT2D eigenvalue weighted by Crippen LogP contribution is 2.20. The predicted molar refractivity (Wildman–Crippen MR) is 72.5 cm³/mol. The predicted octanol–water partition coefficient (Wildman–Crippen LogP) is -0.881. The second-order valence-corrected chi connectivity index (χ2v) is 4.62. The Bertz CT molecular complexity index is 710. The molecule has 1 saturated heterocycles. The van der Waals surface area contributed by atoms with E-state index in [1.807, 2.05) is 4.90 Å². The molecule has 112 valence electrons. The van der Waals surface area contributed by atoms with Crippen molar-refractivity contribution >= 4 is 23.1 Å². The summed E-state index contributed by atoms with van der Waals surface area (Å²) in [6.07, 6.45) is 0.0159. The number of aromatic nitrogens is 4. The minimum Gasteiger partial charge on any atom is -0.465 e.